The predicted octanol–water partition coefficient (Wildman–Crippen LogP) is 7.40. The van der Waals surface area contributed by atoms with Crippen LogP contribution in [-0.2, 0) is 29.0 Å². The van der Waals surface area contributed by atoms with Gasteiger partial charge in [0.15, 0.2) is 0 Å². The van der Waals surface area contributed by atoms with Crippen LogP contribution < -0.4 is 5.32 Å². The Morgan fingerprint density at radius 1 is 0.861 bits per heavy atom. The molecule has 4 nitrogen and oxygen atoms in total. The lowest BCUT2D eigenvalue weighted by Crippen LogP contribution is -2.51. The zero-order chi connectivity index (χ0) is 26.1. The van der Waals surface area contributed by atoms with Crippen molar-refractivity contribution in [2.45, 2.75) is 45.2 Å². The Morgan fingerprint density at radius 3 is 2.28 bits per heavy atom. The summed E-state index contributed by atoms with van der Waals surface area (Å²) < 4.78 is 0. The molecule has 0 aromatic heterocycles. The molecule has 0 aliphatic heterocycles. The standard InChI is InChI=1S/C28H28Cl4N2O2/c1-2-3-13-33-28(36)26(15-19-7-5-4-6-8-19)34(18-20-9-12-23(30)25(32)14-20)27(35)16-21-10-11-22(29)17-24(21)31/h4-12,14,17,26H,2-3,13,15-16,18H2,1H3,(H,33,36)/t26-/m1/s1. The van der Waals surface area contributed by atoms with E-state index in [9.17, 15) is 9.59 Å². The molecule has 3 rings (SSSR count). The van der Waals surface area contributed by atoms with Crippen LogP contribution in [0.25, 0.3) is 0 Å². The number of carbonyl (C=O) groups is 2. The van der Waals surface area contributed by atoms with E-state index in [0.29, 0.717) is 38.6 Å². The van der Waals surface area contributed by atoms with Crippen LogP contribution in [0.2, 0.25) is 20.1 Å². The topological polar surface area (TPSA) is 49.4 Å². The minimum Gasteiger partial charge on any atom is -0.354 e. The number of hydrogen-bond acceptors (Lipinski definition) is 2. The van der Waals surface area contributed by atoms with Gasteiger partial charge in [-0.25, -0.2) is 0 Å². The minimum atomic E-state index is -0.739. The molecule has 0 aliphatic carbocycles. The van der Waals surface area contributed by atoms with Crippen LogP contribution in [0.1, 0.15) is 36.5 Å². The van der Waals surface area contributed by atoms with Gasteiger partial charge < -0.3 is 10.2 Å². The summed E-state index contributed by atoms with van der Waals surface area (Å²) in [7, 11) is 0. The van der Waals surface area contributed by atoms with Crippen LogP contribution in [-0.4, -0.2) is 29.3 Å². The van der Waals surface area contributed by atoms with Crippen molar-refractivity contribution in [1.29, 1.82) is 0 Å². The fraction of sp³-hybridized carbons (Fsp3) is 0.286. The zero-order valence-electron chi connectivity index (χ0n) is 19.9. The van der Waals surface area contributed by atoms with Gasteiger partial charge in [-0.05, 0) is 47.4 Å². The van der Waals surface area contributed by atoms with Crippen LogP contribution in [0.15, 0.2) is 66.7 Å². The summed E-state index contributed by atoms with van der Waals surface area (Å²) in [6, 6.07) is 19.1. The molecule has 0 fully saturated rings. The number of rotatable bonds is 11. The van der Waals surface area contributed by atoms with Gasteiger partial charge in [-0.15, -0.1) is 0 Å². The average molecular weight is 566 g/mol. The van der Waals surface area contributed by atoms with Gasteiger partial charge in [-0.2, -0.15) is 0 Å². The second kappa shape index (κ2) is 13.9. The SMILES string of the molecule is CCCCNC(=O)[C@@H](Cc1ccccc1)N(Cc1ccc(Cl)c(Cl)c1)C(=O)Cc1ccc(Cl)cc1Cl. The molecular formula is C28H28Cl4N2O2. The maximum absolute atomic E-state index is 13.8. The highest BCUT2D eigenvalue weighted by molar-refractivity contribution is 6.42. The van der Waals surface area contributed by atoms with Gasteiger partial charge in [0, 0.05) is 29.6 Å². The van der Waals surface area contributed by atoms with Crippen molar-refractivity contribution in [2.24, 2.45) is 0 Å². The molecule has 3 aromatic rings. The van der Waals surface area contributed by atoms with Crippen LogP contribution in [0.4, 0.5) is 0 Å². The smallest absolute Gasteiger partial charge is 0.243 e. The van der Waals surface area contributed by atoms with Gasteiger partial charge in [-0.3, -0.25) is 9.59 Å². The van der Waals surface area contributed by atoms with Crippen LogP contribution in [0.5, 0.6) is 0 Å². The first kappa shape index (κ1) is 28.3. The van der Waals surface area contributed by atoms with Gasteiger partial charge in [-0.1, -0.05) is 102 Å². The van der Waals surface area contributed by atoms with E-state index in [1.54, 1.807) is 41.3 Å². The van der Waals surface area contributed by atoms with E-state index >= 15 is 0 Å². The van der Waals surface area contributed by atoms with Crippen molar-refractivity contribution < 1.29 is 9.59 Å². The molecule has 0 saturated heterocycles. The summed E-state index contributed by atoms with van der Waals surface area (Å²) in [5.74, 6) is -0.445. The van der Waals surface area contributed by atoms with E-state index in [1.807, 2.05) is 30.3 Å². The van der Waals surface area contributed by atoms with Crippen molar-refractivity contribution in [2.75, 3.05) is 6.54 Å². The minimum absolute atomic E-state index is 0.0187. The Morgan fingerprint density at radius 2 is 1.61 bits per heavy atom. The normalized spacial score (nSPS) is 11.7. The van der Waals surface area contributed by atoms with Gasteiger partial charge in [0.05, 0.1) is 16.5 Å². The molecular weight excluding hydrogens is 538 g/mol. The Hall–Kier alpha value is -2.24. The number of hydrogen-bond donors (Lipinski definition) is 1. The van der Waals surface area contributed by atoms with Crippen molar-refractivity contribution in [1.82, 2.24) is 10.2 Å². The molecule has 1 atom stereocenters. The van der Waals surface area contributed by atoms with Crippen molar-refractivity contribution >= 4 is 58.2 Å². The molecule has 0 spiro atoms. The summed E-state index contributed by atoms with van der Waals surface area (Å²) >= 11 is 24.8. The van der Waals surface area contributed by atoms with Crippen molar-refractivity contribution in [3.63, 3.8) is 0 Å². The molecule has 0 bridgehead atoms. The van der Waals surface area contributed by atoms with E-state index < -0.39 is 6.04 Å². The van der Waals surface area contributed by atoms with Crippen molar-refractivity contribution in [3.8, 4) is 0 Å². The first-order valence-electron chi connectivity index (χ1n) is 11.8. The molecule has 36 heavy (non-hydrogen) atoms. The van der Waals surface area contributed by atoms with E-state index in [0.717, 1.165) is 24.0 Å². The Bertz CT molecular complexity index is 1190. The number of nitrogens with zero attached hydrogens (tertiary/aromatic N) is 1. The number of halogens is 4. The summed E-state index contributed by atoms with van der Waals surface area (Å²) in [5.41, 5.74) is 2.35. The van der Waals surface area contributed by atoms with Crippen LogP contribution in [0.3, 0.4) is 0 Å². The van der Waals surface area contributed by atoms with Gasteiger partial charge in [0.1, 0.15) is 6.04 Å². The lowest BCUT2D eigenvalue weighted by Gasteiger charge is -2.32. The summed E-state index contributed by atoms with van der Waals surface area (Å²) in [4.78, 5) is 28.8. The fourth-order valence-electron chi connectivity index (χ4n) is 3.82. The lowest BCUT2D eigenvalue weighted by atomic mass is 10.0. The monoisotopic (exact) mass is 564 g/mol. The molecule has 8 heteroatoms. The number of amides is 2. The molecule has 2 amide bonds. The molecule has 0 saturated carbocycles. The zero-order valence-corrected chi connectivity index (χ0v) is 23.0. The summed E-state index contributed by atoms with van der Waals surface area (Å²) in [6.45, 7) is 2.78. The Balaban J connectivity index is 1.98. The second-order valence-electron chi connectivity index (χ2n) is 8.53. The van der Waals surface area contributed by atoms with E-state index in [2.05, 4.69) is 12.2 Å². The second-order valence-corrected chi connectivity index (χ2v) is 10.2. The summed E-state index contributed by atoms with van der Waals surface area (Å²) in [5, 5.41) is 4.70. The third-order valence-electron chi connectivity index (χ3n) is 5.79. The average Bonchev–Trinajstić information content (AvgIpc) is 2.86. The third-order valence-corrected chi connectivity index (χ3v) is 7.12. The molecule has 0 heterocycles. The maximum atomic E-state index is 13.8. The van der Waals surface area contributed by atoms with E-state index in [4.69, 9.17) is 46.4 Å². The van der Waals surface area contributed by atoms with Crippen LogP contribution in [0, 0.1) is 0 Å². The largest absolute Gasteiger partial charge is 0.354 e. The van der Waals surface area contributed by atoms with Gasteiger partial charge in [0.2, 0.25) is 11.8 Å². The van der Waals surface area contributed by atoms with Gasteiger partial charge in [0.25, 0.3) is 0 Å². The number of unbranched alkanes of at least 4 members (excludes halogenated alkanes) is 1. The molecule has 3 aromatic carbocycles. The van der Waals surface area contributed by atoms with Crippen LogP contribution >= 0.6 is 46.4 Å². The number of nitrogens with one attached hydrogen (secondary N) is 1. The summed E-state index contributed by atoms with van der Waals surface area (Å²) in [6.07, 6.45) is 2.18. The van der Waals surface area contributed by atoms with Crippen molar-refractivity contribution in [3.05, 3.63) is 104 Å². The molecule has 190 valence electrons. The first-order chi connectivity index (χ1) is 17.3. The third kappa shape index (κ3) is 8.14. The van der Waals surface area contributed by atoms with Gasteiger partial charge >= 0.3 is 0 Å². The fourth-order valence-corrected chi connectivity index (χ4v) is 4.62. The lowest BCUT2D eigenvalue weighted by molar-refractivity contribution is -0.140. The Kier molecular flexibility index (Phi) is 10.9. The van der Waals surface area contributed by atoms with E-state index in [-0.39, 0.29) is 24.8 Å². The number of carbonyl (C=O) groups excluding carboxylic acids is 2. The highest BCUT2D eigenvalue weighted by Crippen LogP contribution is 2.26. The molecule has 0 radical (unpaired) electrons. The highest BCUT2D eigenvalue weighted by Gasteiger charge is 2.30. The van der Waals surface area contributed by atoms with E-state index in [1.165, 1.54) is 0 Å². The first-order valence-corrected chi connectivity index (χ1v) is 13.3. The maximum Gasteiger partial charge on any atom is 0.243 e. The molecule has 1 N–H and O–H groups in total. The highest BCUT2D eigenvalue weighted by atomic mass is 35.5. The molecule has 0 unspecified atom stereocenters. The quantitative estimate of drug-likeness (QED) is 0.246. The number of benzene rings is 3. The molecule has 0 aliphatic rings. The Labute approximate surface area is 232 Å². The predicted molar refractivity (Wildman–Crippen MR) is 149 cm³/mol.